The van der Waals surface area contributed by atoms with Crippen molar-refractivity contribution in [1.82, 2.24) is 19.9 Å². The van der Waals surface area contributed by atoms with Crippen LogP contribution in [0.4, 0.5) is 11.8 Å². The standard InChI is InChI=1S/C24H30N6O/c25-23-21-8-4-5-9-22(21)26-24(27-23)30(29-14-16-31-17-15-29)20-10-12-28(13-11-20)18-19-6-2-1-3-7-19/h1-9,20H,10-18H2,(H2,25,26,27). The molecule has 0 saturated carbocycles. The Bertz CT molecular complexity index is 999. The van der Waals surface area contributed by atoms with Crippen LogP contribution in [0.2, 0.25) is 0 Å². The van der Waals surface area contributed by atoms with E-state index in [4.69, 9.17) is 20.4 Å². The van der Waals surface area contributed by atoms with Gasteiger partial charge < -0.3 is 10.5 Å². The number of morpholine rings is 1. The van der Waals surface area contributed by atoms with Gasteiger partial charge in [0.2, 0.25) is 5.95 Å². The molecule has 2 aliphatic rings. The van der Waals surface area contributed by atoms with E-state index in [-0.39, 0.29) is 0 Å². The summed E-state index contributed by atoms with van der Waals surface area (Å²) < 4.78 is 5.61. The van der Waals surface area contributed by atoms with Crippen LogP contribution < -0.4 is 10.7 Å². The van der Waals surface area contributed by atoms with Gasteiger partial charge in [-0.05, 0) is 30.5 Å². The predicted molar refractivity (Wildman–Crippen MR) is 124 cm³/mol. The number of nitrogens with two attached hydrogens (primary N) is 1. The molecule has 1 aromatic heterocycles. The lowest BCUT2D eigenvalue weighted by Crippen LogP contribution is -2.56. The number of hydrogen-bond donors (Lipinski definition) is 1. The van der Waals surface area contributed by atoms with Gasteiger partial charge in [-0.3, -0.25) is 9.91 Å². The molecular formula is C24H30N6O. The van der Waals surface area contributed by atoms with E-state index in [1.54, 1.807) is 0 Å². The molecule has 0 spiro atoms. The number of ether oxygens (including phenoxy) is 1. The Morgan fingerprint density at radius 1 is 0.903 bits per heavy atom. The average molecular weight is 419 g/mol. The van der Waals surface area contributed by atoms with Gasteiger partial charge in [-0.15, -0.1) is 0 Å². The molecule has 0 unspecified atom stereocenters. The van der Waals surface area contributed by atoms with Gasteiger partial charge in [0, 0.05) is 38.1 Å². The van der Waals surface area contributed by atoms with Crippen LogP contribution in [-0.2, 0) is 11.3 Å². The largest absolute Gasteiger partial charge is 0.383 e. The summed E-state index contributed by atoms with van der Waals surface area (Å²) in [7, 11) is 0. The summed E-state index contributed by atoms with van der Waals surface area (Å²) in [5.74, 6) is 1.25. The number of piperidine rings is 1. The number of rotatable bonds is 5. The van der Waals surface area contributed by atoms with Crippen LogP contribution in [0.3, 0.4) is 0 Å². The number of para-hydroxylation sites is 1. The second kappa shape index (κ2) is 9.18. The normalized spacial score (nSPS) is 19.0. The first-order valence-electron chi connectivity index (χ1n) is 11.2. The molecule has 0 bridgehead atoms. The first-order valence-corrected chi connectivity index (χ1v) is 11.2. The van der Waals surface area contributed by atoms with Gasteiger partial charge in [-0.1, -0.05) is 42.5 Å². The highest BCUT2D eigenvalue weighted by Gasteiger charge is 2.32. The summed E-state index contributed by atoms with van der Waals surface area (Å²) in [5.41, 5.74) is 8.60. The molecule has 0 radical (unpaired) electrons. The fourth-order valence-electron chi connectivity index (χ4n) is 4.64. The van der Waals surface area contributed by atoms with Crippen molar-refractivity contribution in [1.29, 1.82) is 0 Å². The minimum atomic E-state index is 0.352. The molecule has 31 heavy (non-hydrogen) atoms. The van der Waals surface area contributed by atoms with Crippen molar-refractivity contribution >= 4 is 22.7 Å². The summed E-state index contributed by atoms with van der Waals surface area (Å²) in [6.45, 7) is 6.27. The molecule has 7 nitrogen and oxygen atoms in total. The third-order valence-corrected chi connectivity index (χ3v) is 6.27. The van der Waals surface area contributed by atoms with Crippen LogP contribution in [0.25, 0.3) is 10.9 Å². The molecule has 162 valence electrons. The highest BCUT2D eigenvalue weighted by atomic mass is 16.5. The Morgan fingerprint density at radius 2 is 1.61 bits per heavy atom. The van der Waals surface area contributed by atoms with E-state index in [9.17, 15) is 0 Å². The highest BCUT2D eigenvalue weighted by molar-refractivity contribution is 5.88. The molecule has 3 heterocycles. The van der Waals surface area contributed by atoms with Crippen molar-refractivity contribution in [3.63, 3.8) is 0 Å². The van der Waals surface area contributed by atoms with Gasteiger partial charge in [0.1, 0.15) is 5.82 Å². The van der Waals surface area contributed by atoms with E-state index in [0.717, 1.165) is 69.7 Å². The van der Waals surface area contributed by atoms with Crippen molar-refractivity contribution in [2.75, 3.05) is 50.1 Å². The van der Waals surface area contributed by atoms with Crippen LogP contribution in [0.15, 0.2) is 54.6 Å². The zero-order valence-electron chi connectivity index (χ0n) is 17.9. The molecule has 5 rings (SSSR count). The second-order valence-corrected chi connectivity index (χ2v) is 8.33. The van der Waals surface area contributed by atoms with Gasteiger partial charge >= 0.3 is 0 Å². The smallest absolute Gasteiger partial charge is 0.243 e. The fraction of sp³-hybridized carbons (Fsp3) is 0.417. The number of anilines is 2. The average Bonchev–Trinajstić information content (AvgIpc) is 2.82. The molecule has 0 amide bonds. The Labute approximate surface area is 183 Å². The Kier molecular flexibility index (Phi) is 5.97. The van der Waals surface area contributed by atoms with Crippen molar-refractivity contribution < 1.29 is 4.74 Å². The zero-order valence-corrected chi connectivity index (χ0v) is 17.9. The molecular weight excluding hydrogens is 388 g/mol. The summed E-state index contributed by atoms with van der Waals surface area (Å²) in [5, 5.41) is 5.57. The minimum Gasteiger partial charge on any atom is -0.383 e. The van der Waals surface area contributed by atoms with Crippen molar-refractivity contribution in [3.05, 3.63) is 60.2 Å². The summed E-state index contributed by atoms with van der Waals surface area (Å²) in [6, 6.07) is 19.0. The van der Waals surface area contributed by atoms with E-state index in [0.29, 0.717) is 17.8 Å². The number of fused-ring (bicyclic) bond motifs is 1. The first kappa shape index (κ1) is 20.2. The lowest BCUT2D eigenvalue weighted by molar-refractivity contribution is 0.0207. The quantitative estimate of drug-likeness (QED) is 0.683. The van der Waals surface area contributed by atoms with Crippen LogP contribution in [-0.4, -0.2) is 65.3 Å². The summed E-state index contributed by atoms with van der Waals surface area (Å²) >= 11 is 0. The summed E-state index contributed by atoms with van der Waals surface area (Å²) in [4.78, 5) is 12.2. The van der Waals surface area contributed by atoms with E-state index in [1.165, 1.54) is 5.56 Å². The molecule has 0 aliphatic carbocycles. The lowest BCUT2D eigenvalue weighted by Gasteiger charge is -2.45. The van der Waals surface area contributed by atoms with Crippen LogP contribution in [0.1, 0.15) is 18.4 Å². The maximum absolute atomic E-state index is 6.33. The van der Waals surface area contributed by atoms with Gasteiger partial charge in [0.25, 0.3) is 0 Å². The first-order chi connectivity index (χ1) is 15.3. The molecule has 2 saturated heterocycles. The number of likely N-dealkylation sites (tertiary alicyclic amines) is 1. The zero-order chi connectivity index (χ0) is 21.0. The van der Waals surface area contributed by atoms with Crippen molar-refractivity contribution in [2.24, 2.45) is 0 Å². The minimum absolute atomic E-state index is 0.352. The number of hydrogen-bond acceptors (Lipinski definition) is 7. The van der Waals surface area contributed by atoms with Crippen LogP contribution in [0.5, 0.6) is 0 Å². The van der Waals surface area contributed by atoms with Crippen molar-refractivity contribution in [2.45, 2.75) is 25.4 Å². The number of nitrogens with zero attached hydrogens (tertiary/aromatic N) is 5. The van der Waals surface area contributed by atoms with Gasteiger partial charge in [0.05, 0.1) is 24.8 Å². The Hall–Kier alpha value is -2.74. The number of aromatic nitrogens is 2. The van der Waals surface area contributed by atoms with E-state index >= 15 is 0 Å². The van der Waals surface area contributed by atoms with Gasteiger partial charge in [0.15, 0.2) is 0 Å². The van der Waals surface area contributed by atoms with E-state index in [1.807, 2.05) is 24.3 Å². The van der Waals surface area contributed by atoms with E-state index in [2.05, 4.69) is 45.2 Å². The Morgan fingerprint density at radius 3 is 2.39 bits per heavy atom. The highest BCUT2D eigenvalue weighted by Crippen LogP contribution is 2.28. The van der Waals surface area contributed by atoms with Crippen molar-refractivity contribution in [3.8, 4) is 0 Å². The second-order valence-electron chi connectivity index (χ2n) is 8.33. The van der Waals surface area contributed by atoms with E-state index < -0.39 is 0 Å². The Balaban J connectivity index is 1.37. The molecule has 7 heteroatoms. The molecule has 2 aliphatic heterocycles. The van der Waals surface area contributed by atoms with Crippen LogP contribution >= 0.6 is 0 Å². The molecule has 2 N–H and O–H groups in total. The maximum Gasteiger partial charge on any atom is 0.243 e. The van der Waals surface area contributed by atoms with Gasteiger partial charge in [-0.25, -0.2) is 9.99 Å². The SMILES string of the molecule is Nc1nc(N(C2CCN(Cc3ccccc3)CC2)N2CCOCC2)nc2ccccc12. The number of benzene rings is 2. The third-order valence-electron chi connectivity index (χ3n) is 6.27. The summed E-state index contributed by atoms with van der Waals surface area (Å²) in [6.07, 6.45) is 2.14. The number of nitrogen functional groups attached to an aromatic ring is 1. The molecule has 2 fully saturated rings. The number of hydrazine groups is 1. The lowest BCUT2D eigenvalue weighted by atomic mass is 10.0. The molecule has 0 atom stereocenters. The predicted octanol–water partition coefficient (Wildman–Crippen LogP) is 2.93. The maximum atomic E-state index is 6.33. The van der Waals surface area contributed by atoms with Gasteiger partial charge in [-0.2, -0.15) is 4.98 Å². The van der Waals surface area contributed by atoms with Crippen LogP contribution in [0, 0.1) is 0 Å². The molecule has 2 aromatic carbocycles. The third kappa shape index (κ3) is 4.49. The topological polar surface area (TPSA) is 70.8 Å². The molecule has 3 aromatic rings. The monoisotopic (exact) mass is 418 g/mol. The fourth-order valence-corrected chi connectivity index (χ4v) is 4.64.